The lowest BCUT2D eigenvalue weighted by molar-refractivity contribution is -0.137. The van der Waals surface area contributed by atoms with Crippen LogP contribution in [0.25, 0.3) is 11.6 Å². The van der Waals surface area contributed by atoms with Gasteiger partial charge in [-0.2, -0.15) is 18.4 Å². The first kappa shape index (κ1) is 19.9. The number of fused-ring (bicyclic) bond motifs is 1. The fourth-order valence-corrected chi connectivity index (χ4v) is 4.45. The summed E-state index contributed by atoms with van der Waals surface area (Å²) in [6.07, 6.45) is -3.82. The van der Waals surface area contributed by atoms with E-state index in [-0.39, 0.29) is 27.1 Å². The van der Waals surface area contributed by atoms with E-state index in [1.54, 1.807) is 5.38 Å². The fourth-order valence-electron chi connectivity index (χ4n) is 3.73. The third-order valence-corrected chi connectivity index (χ3v) is 5.68. The molecule has 0 spiro atoms. The summed E-state index contributed by atoms with van der Waals surface area (Å²) in [7, 11) is 0. The zero-order valence-electron chi connectivity index (χ0n) is 14.8. The number of aromatic hydroxyl groups is 2. The van der Waals surface area contributed by atoms with E-state index < -0.39 is 46.4 Å². The van der Waals surface area contributed by atoms with Gasteiger partial charge in [0.2, 0.25) is 0 Å². The van der Waals surface area contributed by atoms with E-state index in [2.05, 4.69) is 0 Å². The number of rotatable bonds is 2. The minimum atomic E-state index is -4.84. The molecule has 0 bridgehead atoms. The first-order chi connectivity index (χ1) is 14.1. The smallest absolute Gasteiger partial charge is 0.417 e. The van der Waals surface area contributed by atoms with Crippen LogP contribution in [0.3, 0.4) is 0 Å². The molecule has 0 amide bonds. The molecule has 1 unspecified atom stereocenters. The average Bonchev–Trinajstić information content (AvgIpc) is 3.23. The van der Waals surface area contributed by atoms with Crippen LogP contribution in [0, 0.1) is 23.0 Å². The predicted octanol–water partition coefficient (Wildman–Crippen LogP) is 6.01. The van der Waals surface area contributed by atoms with E-state index in [1.807, 2.05) is 6.07 Å². The van der Waals surface area contributed by atoms with Crippen molar-refractivity contribution >= 4 is 23.0 Å². The number of halogens is 5. The summed E-state index contributed by atoms with van der Waals surface area (Å²) in [5, 5.41) is 30.3. The molecule has 2 N–H and O–H groups in total. The normalized spacial score (nSPS) is 15.6. The molecule has 3 aromatic rings. The van der Waals surface area contributed by atoms with Gasteiger partial charge >= 0.3 is 6.18 Å². The van der Waals surface area contributed by atoms with Crippen LogP contribution < -0.4 is 0 Å². The highest BCUT2D eigenvalue weighted by Crippen LogP contribution is 2.52. The van der Waals surface area contributed by atoms with E-state index >= 15 is 0 Å². The van der Waals surface area contributed by atoms with E-state index in [1.165, 1.54) is 6.07 Å². The predicted molar refractivity (Wildman–Crippen MR) is 99.9 cm³/mol. The van der Waals surface area contributed by atoms with Gasteiger partial charge in [-0.3, -0.25) is 0 Å². The molecule has 1 heterocycles. The van der Waals surface area contributed by atoms with Gasteiger partial charge < -0.3 is 10.2 Å². The van der Waals surface area contributed by atoms with Crippen LogP contribution >= 0.6 is 11.3 Å². The third-order valence-electron chi connectivity index (χ3n) is 4.85. The van der Waals surface area contributed by atoms with Crippen molar-refractivity contribution in [1.82, 2.24) is 0 Å². The number of nitriles is 1. The molecule has 3 nitrogen and oxygen atoms in total. The van der Waals surface area contributed by atoms with Crippen LogP contribution in [-0.4, -0.2) is 10.2 Å². The Labute approximate surface area is 170 Å². The second-order valence-electron chi connectivity index (χ2n) is 6.63. The SMILES string of the molecule is N#Cc1sccc1C1C(c2c(F)cc(O)cc2F)=Cc2c1cc(O)cc2C(F)(F)F. The molecule has 9 heteroatoms. The minimum Gasteiger partial charge on any atom is -0.508 e. The van der Waals surface area contributed by atoms with Crippen LogP contribution in [0.2, 0.25) is 0 Å². The van der Waals surface area contributed by atoms with Crippen LogP contribution in [0.15, 0.2) is 35.7 Å². The highest BCUT2D eigenvalue weighted by atomic mass is 32.1. The van der Waals surface area contributed by atoms with Crippen molar-refractivity contribution in [3.05, 3.63) is 80.0 Å². The summed E-state index contributed by atoms with van der Waals surface area (Å²) < 4.78 is 70.1. The number of alkyl halides is 3. The highest BCUT2D eigenvalue weighted by molar-refractivity contribution is 7.10. The van der Waals surface area contributed by atoms with Crippen molar-refractivity contribution in [2.45, 2.75) is 12.1 Å². The molecule has 0 aliphatic heterocycles. The van der Waals surface area contributed by atoms with Crippen LogP contribution in [0.1, 0.15) is 38.6 Å². The maximum atomic E-state index is 14.6. The Balaban J connectivity index is 2.07. The number of thiophene rings is 1. The van der Waals surface area contributed by atoms with E-state index in [0.29, 0.717) is 18.2 Å². The topological polar surface area (TPSA) is 64.2 Å². The Morgan fingerprint density at radius 2 is 1.60 bits per heavy atom. The number of allylic oxidation sites excluding steroid dienone is 1. The molecular weight excluding hydrogens is 425 g/mol. The quantitative estimate of drug-likeness (QED) is 0.485. The lowest BCUT2D eigenvalue weighted by Gasteiger charge is -2.19. The number of nitrogens with zero attached hydrogens (tertiary/aromatic N) is 1. The van der Waals surface area contributed by atoms with E-state index in [9.17, 15) is 37.4 Å². The van der Waals surface area contributed by atoms with Crippen molar-refractivity contribution in [2.75, 3.05) is 0 Å². The Bertz CT molecular complexity index is 1230. The molecule has 0 radical (unpaired) electrons. The van der Waals surface area contributed by atoms with Crippen LogP contribution in [-0.2, 0) is 6.18 Å². The first-order valence-electron chi connectivity index (χ1n) is 8.43. The number of hydrogen-bond donors (Lipinski definition) is 2. The van der Waals surface area contributed by atoms with Crippen molar-refractivity contribution in [1.29, 1.82) is 5.26 Å². The largest absolute Gasteiger partial charge is 0.508 e. The maximum absolute atomic E-state index is 14.6. The van der Waals surface area contributed by atoms with Crippen molar-refractivity contribution in [3.63, 3.8) is 0 Å². The summed E-state index contributed by atoms with van der Waals surface area (Å²) in [5.41, 5.74) is -2.03. The van der Waals surface area contributed by atoms with Gasteiger partial charge in [0.05, 0.1) is 11.1 Å². The molecule has 152 valence electrons. The molecule has 30 heavy (non-hydrogen) atoms. The molecule has 1 aliphatic rings. The number of hydrogen-bond acceptors (Lipinski definition) is 4. The molecule has 0 saturated carbocycles. The fraction of sp³-hybridized carbons (Fsp3) is 0.0952. The lowest BCUT2D eigenvalue weighted by Crippen LogP contribution is -2.09. The van der Waals surface area contributed by atoms with Gasteiger partial charge in [0.25, 0.3) is 0 Å². The summed E-state index contributed by atoms with van der Waals surface area (Å²) in [5.74, 6) is -4.79. The summed E-state index contributed by atoms with van der Waals surface area (Å²) in [6, 6.07) is 6.36. The van der Waals surface area contributed by atoms with E-state index in [4.69, 9.17) is 0 Å². The average molecular weight is 435 g/mol. The number of phenolic OH excluding ortho intramolecular Hbond substituents is 2. The third kappa shape index (κ3) is 3.09. The second-order valence-corrected chi connectivity index (χ2v) is 7.54. The van der Waals surface area contributed by atoms with Gasteiger partial charge in [0.15, 0.2) is 0 Å². The van der Waals surface area contributed by atoms with Crippen molar-refractivity contribution in [3.8, 4) is 17.6 Å². The Kier molecular flexibility index (Phi) is 4.55. The summed E-state index contributed by atoms with van der Waals surface area (Å²) >= 11 is 1.03. The Morgan fingerprint density at radius 3 is 2.20 bits per heavy atom. The van der Waals surface area contributed by atoms with Gasteiger partial charge in [-0.05, 0) is 51.9 Å². The molecular formula is C21H10F5NO2S. The molecule has 1 atom stereocenters. The minimum absolute atomic E-state index is 0.0286. The molecule has 1 aliphatic carbocycles. The molecule has 4 rings (SSSR count). The number of benzene rings is 2. The summed E-state index contributed by atoms with van der Waals surface area (Å²) in [6.45, 7) is 0. The monoisotopic (exact) mass is 435 g/mol. The Morgan fingerprint density at radius 1 is 0.967 bits per heavy atom. The van der Waals surface area contributed by atoms with Crippen LogP contribution in [0.5, 0.6) is 11.5 Å². The molecule has 1 aromatic heterocycles. The second kappa shape index (κ2) is 6.85. The van der Waals surface area contributed by atoms with Crippen molar-refractivity contribution < 1.29 is 32.2 Å². The maximum Gasteiger partial charge on any atom is 0.417 e. The zero-order chi connectivity index (χ0) is 21.8. The lowest BCUT2D eigenvalue weighted by atomic mass is 9.84. The molecule has 0 fully saturated rings. The highest BCUT2D eigenvalue weighted by Gasteiger charge is 2.40. The van der Waals surface area contributed by atoms with Crippen molar-refractivity contribution in [2.24, 2.45) is 0 Å². The summed E-state index contributed by atoms with van der Waals surface area (Å²) in [4.78, 5) is 0.162. The van der Waals surface area contributed by atoms with E-state index in [0.717, 1.165) is 23.5 Å². The van der Waals surface area contributed by atoms with Crippen LogP contribution in [0.4, 0.5) is 22.0 Å². The standard InChI is InChI=1S/C21H10F5NO2S/c22-16-5-10(29)6-17(23)20(16)14-7-12-13(3-9(28)4-15(12)21(24,25)26)19(14)11-1-2-30-18(11)8-27/h1-7,19,28-29H. The van der Waals surface area contributed by atoms with Gasteiger partial charge in [-0.1, -0.05) is 0 Å². The van der Waals surface area contributed by atoms with Gasteiger partial charge in [-0.25, -0.2) is 8.78 Å². The molecule has 2 aromatic carbocycles. The van der Waals surface area contributed by atoms with Gasteiger partial charge in [0.1, 0.15) is 34.1 Å². The zero-order valence-corrected chi connectivity index (χ0v) is 15.6. The Hall–Kier alpha value is -3.38. The number of phenols is 2. The van der Waals surface area contributed by atoms with Gasteiger partial charge in [0, 0.05) is 18.1 Å². The van der Waals surface area contributed by atoms with Gasteiger partial charge in [-0.15, -0.1) is 11.3 Å². The molecule has 0 saturated heterocycles. The first-order valence-corrected chi connectivity index (χ1v) is 9.31.